The van der Waals surface area contributed by atoms with Crippen LogP contribution in [0.15, 0.2) is 12.1 Å². The minimum atomic E-state index is -4.28. The second-order valence-electron chi connectivity index (χ2n) is 4.17. The van der Waals surface area contributed by atoms with Gasteiger partial charge in [0.1, 0.15) is 22.6 Å². The standard InChI is InChI=1S/C13H16ClF4NO2/c1-4-19-11(13(17,18)12(15)16)7-5-6-8(20-2)9(14)10(7)21-3/h5-6,11-12,19H,4H2,1-3H3. The summed E-state index contributed by atoms with van der Waals surface area (Å²) in [5.41, 5.74) is -0.157. The Morgan fingerprint density at radius 2 is 1.86 bits per heavy atom. The van der Waals surface area contributed by atoms with E-state index in [4.69, 9.17) is 21.1 Å². The number of alkyl halides is 4. The highest BCUT2D eigenvalue weighted by Gasteiger charge is 2.50. The fourth-order valence-corrected chi connectivity index (χ4v) is 2.26. The van der Waals surface area contributed by atoms with Gasteiger partial charge in [0.15, 0.2) is 0 Å². The number of benzene rings is 1. The van der Waals surface area contributed by atoms with Gasteiger partial charge in [-0.2, -0.15) is 8.78 Å². The molecule has 0 saturated carbocycles. The van der Waals surface area contributed by atoms with E-state index in [1.807, 2.05) is 0 Å². The van der Waals surface area contributed by atoms with Gasteiger partial charge in [0, 0.05) is 5.56 Å². The zero-order valence-corrected chi connectivity index (χ0v) is 12.5. The third-order valence-corrected chi connectivity index (χ3v) is 3.27. The van der Waals surface area contributed by atoms with Crippen LogP contribution in [0.25, 0.3) is 0 Å². The predicted octanol–water partition coefficient (Wildman–Crippen LogP) is 3.91. The summed E-state index contributed by atoms with van der Waals surface area (Å²) in [7, 11) is 2.56. The molecule has 3 nitrogen and oxygen atoms in total. The van der Waals surface area contributed by atoms with Crippen molar-refractivity contribution < 1.29 is 27.0 Å². The summed E-state index contributed by atoms with van der Waals surface area (Å²) in [5, 5.41) is 2.30. The molecule has 0 bridgehead atoms. The lowest BCUT2D eigenvalue weighted by atomic mass is 9.99. The van der Waals surface area contributed by atoms with Crippen molar-refractivity contribution in [2.75, 3.05) is 20.8 Å². The summed E-state index contributed by atoms with van der Waals surface area (Å²) in [4.78, 5) is 0. The first-order valence-corrected chi connectivity index (χ1v) is 6.48. The number of hydrogen-bond donors (Lipinski definition) is 1. The predicted molar refractivity (Wildman–Crippen MR) is 71.9 cm³/mol. The second kappa shape index (κ2) is 7.17. The lowest BCUT2D eigenvalue weighted by Crippen LogP contribution is -2.42. The number of methoxy groups -OCH3 is 2. The van der Waals surface area contributed by atoms with Crippen molar-refractivity contribution in [2.45, 2.75) is 25.3 Å². The minimum absolute atomic E-state index is 0.0505. The SMILES string of the molecule is CCNC(c1ccc(OC)c(Cl)c1OC)C(F)(F)C(F)F. The third kappa shape index (κ3) is 3.52. The minimum Gasteiger partial charge on any atom is -0.495 e. The van der Waals surface area contributed by atoms with Crippen LogP contribution in [-0.4, -0.2) is 33.1 Å². The molecule has 120 valence electrons. The summed E-state index contributed by atoms with van der Waals surface area (Å²) in [6, 6.07) is 0.625. The van der Waals surface area contributed by atoms with Gasteiger partial charge in [-0.3, -0.25) is 0 Å². The zero-order chi connectivity index (χ0) is 16.2. The van der Waals surface area contributed by atoms with E-state index in [2.05, 4.69) is 5.32 Å². The molecule has 0 spiro atoms. The zero-order valence-electron chi connectivity index (χ0n) is 11.7. The van der Waals surface area contributed by atoms with Crippen LogP contribution >= 0.6 is 11.6 Å². The fraction of sp³-hybridized carbons (Fsp3) is 0.538. The third-order valence-electron chi connectivity index (χ3n) is 2.91. The van der Waals surface area contributed by atoms with Crippen molar-refractivity contribution in [3.8, 4) is 11.5 Å². The first-order valence-electron chi connectivity index (χ1n) is 6.10. The molecule has 0 aliphatic rings. The number of nitrogens with one attached hydrogen (secondary N) is 1. The van der Waals surface area contributed by atoms with E-state index in [0.29, 0.717) is 0 Å². The Labute approximate surface area is 125 Å². The first kappa shape index (κ1) is 17.8. The lowest BCUT2D eigenvalue weighted by molar-refractivity contribution is -0.151. The maximum Gasteiger partial charge on any atom is 0.326 e. The van der Waals surface area contributed by atoms with Crippen LogP contribution < -0.4 is 14.8 Å². The van der Waals surface area contributed by atoms with E-state index < -0.39 is 18.4 Å². The van der Waals surface area contributed by atoms with E-state index in [9.17, 15) is 17.6 Å². The molecule has 1 aromatic rings. The van der Waals surface area contributed by atoms with Crippen LogP contribution in [-0.2, 0) is 0 Å². The summed E-state index contributed by atoms with van der Waals surface area (Å²) in [6.45, 7) is 1.60. The maximum absolute atomic E-state index is 13.8. The van der Waals surface area contributed by atoms with Gasteiger partial charge in [-0.15, -0.1) is 0 Å². The molecule has 0 amide bonds. The molecular weight excluding hydrogens is 314 g/mol. The molecule has 1 rings (SSSR count). The first-order chi connectivity index (χ1) is 9.81. The highest BCUT2D eigenvalue weighted by molar-refractivity contribution is 6.33. The molecule has 0 radical (unpaired) electrons. The van der Waals surface area contributed by atoms with E-state index in [1.165, 1.54) is 33.3 Å². The molecule has 1 aromatic carbocycles. The molecule has 1 atom stereocenters. The van der Waals surface area contributed by atoms with Gasteiger partial charge in [0.05, 0.1) is 14.2 Å². The second-order valence-corrected chi connectivity index (χ2v) is 4.55. The summed E-state index contributed by atoms with van der Waals surface area (Å²) < 4.78 is 62.8. The maximum atomic E-state index is 13.8. The van der Waals surface area contributed by atoms with Gasteiger partial charge < -0.3 is 14.8 Å². The Balaban J connectivity index is 3.42. The molecular formula is C13H16ClF4NO2. The number of hydrogen-bond acceptors (Lipinski definition) is 3. The normalized spacial score (nSPS) is 13.4. The van der Waals surface area contributed by atoms with Crippen LogP contribution in [0, 0.1) is 0 Å². The van der Waals surface area contributed by atoms with Crippen molar-refractivity contribution in [2.24, 2.45) is 0 Å². The molecule has 0 heterocycles. The van der Waals surface area contributed by atoms with Gasteiger partial charge in [0.25, 0.3) is 0 Å². The Kier molecular flexibility index (Phi) is 6.10. The van der Waals surface area contributed by atoms with Crippen LogP contribution in [0.4, 0.5) is 17.6 Å². The Morgan fingerprint density at radius 1 is 1.24 bits per heavy atom. The average molecular weight is 330 g/mol. The summed E-state index contributed by atoms with van der Waals surface area (Å²) >= 11 is 5.98. The summed E-state index contributed by atoms with van der Waals surface area (Å²) in [6.07, 6.45) is -3.83. The number of halogens is 5. The summed E-state index contributed by atoms with van der Waals surface area (Å²) in [5.74, 6) is -4.20. The largest absolute Gasteiger partial charge is 0.495 e. The van der Waals surface area contributed by atoms with Crippen LogP contribution in [0.3, 0.4) is 0 Å². The highest BCUT2D eigenvalue weighted by atomic mass is 35.5. The molecule has 8 heteroatoms. The molecule has 0 aliphatic heterocycles. The Hall–Kier alpha value is -1.21. The monoisotopic (exact) mass is 329 g/mol. The van der Waals surface area contributed by atoms with Crippen molar-refractivity contribution in [3.05, 3.63) is 22.7 Å². The smallest absolute Gasteiger partial charge is 0.326 e. The van der Waals surface area contributed by atoms with Gasteiger partial charge in [-0.05, 0) is 18.7 Å². The molecule has 1 N–H and O–H groups in total. The number of ether oxygens (including phenoxy) is 2. The molecule has 21 heavy (non-hydrogen) atoms. The van der Waals surface area contributed by atoms with E-state index in [-0.39, 0.29) is 28.6 Å². The van der Waals surface area contributed by atoms with Gasteiger partial charge in [-0.25, -0.2) is 8.78 Å². The Morgan fingerprint density at radius 3 is 2.29 bits per heavy atom. The molecule has 0 aromatic heterocycles. The van der Waals surface area contributed by atoms with Crippen molar-refractivity contribution in [1.82, 2.24) is 5.32 Å². The van der Waals surface area contributed by atoms with Gasteiger partial charge in [0.2, 0.25) is 0 Å². The van der Waals surface area contributed by atoms with E-state index >= 15 is 0 Å². The topological polar surface area (TPSA) is 30.5 Å². The Bertz CT molecular complexity index is 485. The van der Waals surface area contributed by atoms with Crippen LogP contribution in [0.2, 0.25) is 5.02 Å². The highest BCUT2D eigenvalue weighted by Crippen LogP contribution is 2.45. The molecule has 0 saturated heterocycles. The molecule has 1 unspecified atom stereocenters. The van der Waals surface area contributed by atoms with Gasteiger partial charge >= 0.3 is 12.3 Å². The van der Waals surface area contributed by atoms with Crippen molar-refractivity contribution >= 4 is 11.6 Å². The average Bonchev–Trinajstić information content (AvgIpc) is 2.44. The van der Waals surface area contributed by atoms with Crippen LogP contribution in [0.1, 0.15) is 18.5 Å². The quantitative estimate of drug-likeness (QED) is 0.769. The van der Waals surface area contributed by atoms with E-state index in [0.717, 1.165) is 0 Å². The fourth-order valence-electron chi connectivity index (χ4n) is 1.93. The molecule has 0 aliphatic carbocycles. The lowest BCUT2D eigenvalue weighted by Gasteiger charge is -2.29. The molecule has 0 fully saturated rings. The van der Waals surface area contributed by atoms with Crippen LogP contribution in [0.5, 0.6) is 11.5 Å². The van der Waals surface area contributed by atoms with Gasteiger partial charge in [-0.1, -0.05) is 18.5 Å². The van der Waals surface area contributed by atoms with E-state index in [1.54, 1.807) is 0 Å². The van der Waals surface area contributed by atoms with Crippen molar-refractivity contribution in [3.63, 3.8) is 0 Å². The number of rotatable bonds is 7. The van der Waals surface area contributed by atoms with Crippen molar-refractivity contribution in [1.29, 1.82) is 0 Å².